The zero-order chi connectivity index (χ0) is 24.7. The second-order valence-electron chi connectivity index (χ2n) is 6.59. The van der Waals surface area contributed by atoms with Crippen molar-refractivity contribution >= 4 is 23.6 Å². The summed E-state index contributed by atoms with van der Waals surface area (Å²) in [6.45, 7) is 0. The Kier molecular flexibility index (Phi) is 7.49. The lowest BCUT2D eigenvalue weighted by atomic mass is 10.1. The summed E-state index contributed by atoms with van der Waals surface area (Å²) in [6, 6.07) is 14.4. The molecule has 176 valence electrons. The summed E-state index contributed by atoms with van der Waals surface area (Å²) in [5.41, 5.74) is 1.36. The molecule has 0 radical (unpaired) electrons. The monoisotopic (exact) mass is 476 g/mol. The molecule has 3 rings (SSSR count). The van der Waals surface area contributed by atoms with E-state index in [1.807, 2.05) is 0 Å². The average molecular weight is 476 g/mol. The second-order valence-corrected chi connectivity index (χ2v) is 6.59. The average Bonchev–Trinajstić information content (AvgIpc) is 2.81. The molecular weight excluding hydrogens is 460 g/mol. The quantitative estimate of drug-likeness (QED) is 0.186. The van der Waals surface area contributed by atoms with Gasteiger partial charge in [-0.2, -0.15) is 0 Å². The van der Waals surface area contributed by atoms with Gasteiger partial charge < -0.3 is 14.8 Å². The van der Waals surface area contributed by atoms with Crippen LogP contribution in [-0.2, 0) is 4.79 Å². The highest BCUT2D eigenvalue weighted by Crippen LogP contribution is 2.42. The van der Waals surface area contributed by atoms with Crippen LogP contribution >= 0.6 is 0 Å². The van der Waals surface area contributed by atoms with Crippen molar-refractivity contribution in [2.24, 2.45) is 0 Å². The van der Waals surface area contributed by atoms with Gasteiger partial charge in [-0.1, -0.05) is 18.2 Å². The summed E-state index contributed by atoms with van der Waals surface area (Å²) in [7, 11) is 0. The fourth-order valence-corrected chi connectivity index (χ4v) is 2.77. The largest absolute Gasteiger partial charge is 0.573 e. The first-order valence-corrected chi connectivity index (χ1v) is 9.51. The predicted molar refractivity (Wildman–Crippen MR) is 113 cm³/mol. The molecule has 0 aromatic heterocycles. The number of rotatable bonds is 7. The maximum Gasteiger partial charge on any atom is 0.573 e. The van der Waals surface area contributed by atoms with Gasteiger partial charge in [0, 0.05) is 17.2 Å². The highest BCUT2D eigenvalue weighted by molar-refractivity contribution is 6.06. The number of carbonyl (C=O) groups is 2. The lowest BCUT2D eigenvalue weighted by Crippen LogP contribution is -2.18. The fourth-order valence-electron chi connectivity index (χ4n) is 2.77. The molecule has 11 heteroatoms. The molecule has 0 unspecified atom stereocenters. The molecule has 0 heterocycles. The van der Waals surface area contributed by atoms with Crippen molar-refractivity contribution in [2.45, 2.75) is 6.36 Å². The third-order valence-electron chi connectivity index (χ3n) is 4.21. The highest BCUT2D eigenvalue weighted by Gasteiger charge is 2.33. The van der Waals surface area contributed by atoms with Crippen LogP contribution in [0, 0.1) is 5.82 Å². The molecule has 0 spiro atoms. The minimum atomic E-state index is -5.10. The molecule has 0 fully saturated rings. The molecule has 0 atom stereocenters. The maximum atomic E-state index is 13.3. The van der Waals surface area contributed by atoms with Gasteiger partial charge in [0.25, 0.3) is 11.8 Å². The molecule has 0 aliphatic heterocycles. The number of nitrogens with one attached hydrogen (secondary N) is 2. The van der Waals surface area contributed by atoms with Gasteiger partial charge in [0.05, 0.1) is 5.69 Å². The van der Waals surface area contributed by atoms with Crippen LogP contribution in [0.25, 0.3) is 6.08 Å². The lowest BCUT2D eigenvalue weighted by Gasteiger charge is -2.19. The van der Waals surface area contributed by atoms with Crippen LogP contribution < -0.4 is 20.3 Å². The van der Waals surface area contributed by atoms with Crippen LogP contribution in [0.2, 0.25) is 0 Å². The predicted octanol–water partition coefficient (Wildman–Crippen LogP) is 5.29. The summed E-state index contributed by atoms with van der Waals surface area (Å²) in [6.07, 6.45) is -3.30. The van der Waals surface area contributed by atoms with Crippen molar-refractivity contribution in [3.8, 4) is 17.2 Å². The third kappa shape index (κ3) is 6.56. The number of hydrogen-bond donors (Lipinski definition) is 3. The van der Waals surface area contributed by atoms with Crippen LogP contribution in [-0.4, -0.2) is 23.4 Å². The molecule has 0 saturated carbocycles. The molecular formula is C23H16F4N2O5. The number of carbonyl (C=O) groups excluding carboxylic acids is 2. The number of halogens is 4. The first-order valence-electron chi connectivity index (χ1n) is 9.51. The fraction of sp³-hybridized carbons (Fsp3) is 0.0435. The zero-order valence-electron chi connectivity index (χ0n) is 17.1. The van der Waals surface area contributed by atoms with Gasteiger partial charge in [-0.3, -0.25) is 14.8 Å². The standard InChI is InChI=1S/C23H16F4N2O5/c24-15-6-8-16(9-7-15)33-21-17(10-13-20(30)29-32)18(11-12-19(21)34-23(25,26)27)28-22(31)14-4-2-1-3-5-14/h1-13,32H,(H,28,31)(H,29,30)/b13-10+. The molecule has 7 nitrogen and oxygen atoms in total. The first kappa shape index (κ1) is 24.3. The van der Waals surface area contributed by atoms with Crippen molar-refractivity contribution in [1.29, 1.82) is 0 Å². The van der Waals surface area contributed by atoms with E-state index >= 15 is 0 Å². The van der Waals surface area contributed by atoms with Crippen LogP contribution in [0.3, 0.4) is 0 Å². The number of ether oxygens (including phenoxy) is 2. The molecule has 0 aliphatic rings. The van der Waals surface area contributed by atoms with Gasteiger partial charge in [-0.25, -0.2) is 9.87 Å². The molecule has 2 amide bonds. The summed E-state index contributed by atoms with van der Waals surface area (Å²) in [5.74, 6) is -3.59. The van der Waals surface area contributed by atoms with E-state index in [2.05, 4.69) is 10.1 Å². The van der Waals surface area contributed by atoms with Crippen LogP contribution in [0.1, 0.15) is 15.9 Å². The van der Waals surface area contributed by atoms with E-state index in [0.29, 0.717) is 0 Å². The van der Waals surface area contributed by atoms with Gasteiger partial charge in [0.2, 0.25) is 0 Å². The van der Waals surface area contributed by atoms with E-state index in [-0.39, 0.29) is 22.6 Å². The van der Waals surface area contributed by atoms with E-state index in [0.717, 1.165) is 48.6 Å². The number of hydroxylamine groups is 1. The summed E-state index contributed by atoms with van der Waals surface area (Å²) in [5, 5.41) is 11.3. The Balaban J connectivity index is 2.13. The highest BCUT2D eigenvalue weighted by atomic mass is 19.4. The Morgan fingerprint density at radius 2 is 1.62 bits per heavy atom. The van der Waals surface area contributed by atoms with Gasteiger partial charge in [-0.05, 0) is 54.6 Å². The number of anilines is 1. The van der Waals surface area contributed by atoms with Crippen molar-refractivity contribution in [3.63, 3.8) is 0 Å². The van der Waals surface area contributed by atoms with E-state index in [4.69, 9.17) is 9.94 Å². The number of alkyl halides is 3. The van der Waals surface area contributed by atoms with E-state index in [1.54, 1.807) is 18.2 Å². The molecule has 3 aromatic rings. The SMILES string of the molecule is O=C(/C=C/c1c(NC(=O)c2ccccc2)ccc(OC(F)(F)F)c1Oc1ccc(F)cc1)NO. The summed E-state index contributed by atoms with van der Waals surface area (Å²) in [4.78, 5) is 24.2. The van der Waals surface area contributed by atoms with Gasteiger partial charge in [0.1, 0.15) is 11.6 Å². The van der Waals surface area contributed by atoms with Crippen molar-refractivity contribution in [1.82, 2.24) is 5.48 Å². The normalized spacial score (nSPS) is 11.2. The molecule has 3 N–H and O–H groups in total. The molecule has 3 aromatic carbocycles. The Morgan fingerprint density at radius 1 is 0.941 bits per heavy atom. The van der Waals surface area contributed by atoms with E-state index < -0.39 is 35.5 Å². The van der Waals surface area contributed by atoms with Crippen molar-refractivity contribution in [3.05, 3.63) is 89.8 Å². The summed E-state index contributed by atoms with van der Waals surface area (Å²) < 4.78 is 62.0. The van der Waals surface area contributed by atoms with E-state index in [1.165, 1.54) is 17.6 Å². The molecule has 34 heavy (non-hydrogen) atoms. The Morgan fingerprint density at radius 3 is 2.24 bits per heavy atom. The smallest absolute Gasteiger partial charge is 0.453 e. The topological polar surface area (TPSA) is 96.9 Å². The minimum absolute atomic E-state index is 0.0394. The number of hydrogen-bond acceptors (Lipinski definition) is 5. The second kappa shape index (κ2) is 10.5. The number of amides is 2. The Bertz CT molecular complexity index is 1200. The van der Waals surface area contributed by atoms with Crippen LogP contribution in [0.5, 0.6) is 17.2 Å². The lowest BCUT2D eigenvalue weighted by molar-refractivity contribution is -0.275. The Labute approximate surface area is 190 Å². The van der Waals surface area contributed by atoms with Crippen LogP contribution in [0.4, 0.5) is 23.2 Å². The van der Waals surface area contributed by atoms with Gasteiger partial charge >= 0.3 is 6.36 Å². The van der Waals surface area contributed by atoms with Crippen molar-refractivity contribution in [2.75, 3.05) is 5.32 Å². The number of benzene rings is 3. The maximum absolute atomic E-state index is 13.3. The minimum Gasteiger partial charge on any atom is -0.453 e. The molecule has 0 aliphatic carbocycles. The molecule has 0 bridgehead atoms. The van der Waals surface area contributed by atoms with Gasteiger partial charge in [-0.15, -0.1) is 13.2 Å². The van der Waals surface area contributed by atoms with Gasteiger partial charge in [0.15, 0.2) is 11.5 Å². The third-order valence-corrected chi connectivity index (χ3v) is 4.21. The van der Waals surface area contributed by atoms with Crippen LogP contribution in [0.15, 0.2) is 72.8 Å². The van der Waals surface area contributed by atoms with E-state index in [9.17, 15) is 27.2 Å². The molecule has 0 saturated heterocycles. The first-order chi connectivity index (χ1) is 16.2. The Hall–Kier alpha value is -4.38. The van der Waals surface area contributed by atoms with Crippen molar-refractivity contribution < 1.29 is 41.8 Å². The zero-order valence-corrected chi connectivity index (χ0v) is 17.1. The summed E-state index contributed by atoms with van der Waals surface area (Å²) >= 11 is 0.